The van der Waals surface area contributed by atoms with E-state index in [0.29, 0.717) is 30.3 Å². The molecule has 0 atom stereocenters. The van der Waals surface area contributed by atoms with Gasteiger partial charge < -0.3 is 14.2 Å². The number of hydrogen-bond donors (Lipinski definition) is 1. The molecular formula is C26H25F3N4O4S. The number of aryl methyl sites for hydroxylation is 2. The normalized spacial score (nSPS) is 11.6. The van der Waals surface area contributed by atoms with Gasteiger partial charge in [0, 0.05) is 0 Å². The number of aromatic nitrogens is 2. The topological polar surface area (TPSA) is 106 Å². The van der Waals surface area contributed by atoms with Gasteiger partial charge in [-0.2, -0.15) is 18.4 Å². The largest absolute Gasteiger partial charge is 0.490 e. The number of nitriles is 1. The van der Waals surface area contributed by atoms with E-state index in [1.165, 1.54) is 11.6 Å². The van der Waals surface area contributed by atoms with Gasteiger partial charge in [0.1, 0.15) is 30.6 Å². The van der Waals surface area contributed by atoms with Gasteiger partial charge in [0.25, 0.3) is 5.91 Å². The van der Waals surface area contributed by atoms with Crippen molar-refractivity contribution < 1.29 is 32.2 Å². The molecule has 200 valence electrons. The van der Waals surface area contributed by atoms with Crippen LogP contribution in [0.2, 0.25) is 0 Å². The maximum atomic E-state index is 12.7. The Bertz CT molecular complexity index is 1350. The van der Waals surface area contributed by atoms with Crippen molar-refractivity contribution in [3.8, 4) is 23.3 Å². The molecule has 1 aromatic heterocycles. The molecule has 1 heterocycles. The zero-order chi connectivity index (χ0) is 27.7. The monoisotopic (exact) mass is 546 g/mol. The lowest BCUT2D eigenvalue weighted by molar-refractivity contribution is -0.138. The minimum Gasteiger partial charge on any atom is -0.490 e. The van der Waals surface area contributed by atoms with Crippen LogP contribution in [-0.4, -0.2) is 35.9 Å². The Morgan fingerprint density at radius 2 is 1.84 bits per heavy atom. The lowest BCUT2D eigenvalue weighted by Gasteiger charge is -2.14. The first kappa shape index (κ1) is 28.5. The molecule has 0 aliphatic heterocycles. The van der Waals surface area contributed by atoms with Crippen LogP contribution in [0.1, 0.15) is 35.5 Å². The smallest absolute Gasteiger partial charge is 0.445 e. The standard InChI is InChI=1S/C26H25F3N4O4S/c1-4-17-10-16(3)11-20(13-17)36-8-9-37-21-7-6-18(14-22(21)35-5-2)12-19(15-30)23(34)31-25-33-32-24(38-25)26(27,28)29/h6-7,10-14H,4-5,8-9H2,1-3H3,(H,31,33,34)/b19-12-. The molecule has 2 aromatic carbocycles. The average molecular weight is 547 g/mol. The zero-order valence-electron chi connectivity index (χ0n) is 20.9. The SMILES string of the molecule is CCOc1cc(/C=C(/C#N)C(=O)Nc2nnc(C(F)(F)F)s2)ccc1OCCOc1cc(C)cc(CC)c1. The number of rotatable bonds is 11. The van der Waals surface area contributed by atoms with Crippen LogP contribution in [0.3, 0.4) is 0 Å². The molecule has 0 aliphatic rings. The van der Waals surface area contributed by atoms with Crippen molar-refractivity contribution >= 4 is 28.5 Å². The lowest BCUT2D eigenvalue weighted by Crippen LogP contribution is -2.13. The molecule has 0 radical (unpaired) electrons. The van der Waals surface area contributed by atoms with Crippen LogP contribution < -0.4 is 19.5 Å². The summed E-state index contributed by atoms with van der Waals surface area (Å²) in [5, 5.41) is 16.3. The number of anilines is 1. The van der Waals surface area contributed by atoms with Crippen molar-refractivity contribution in [2.45, 2.75) is 33.4 Å². The minimum atomic E-state index is -4.68. The second-order valence-corrected chi connectivity index (χ2v) is 8.86. The van der Waals surface area contributed by atoms with Crippen LogP contribution in [0.4, 0.5) is 18.3 Å². The number of hydrogen-bond acceptors (Lipinski definition) is 8. The molecule has 12 heteroatoms. The van der Waals surface area contributed by atoms with E-state index >= 15 is 0 Å². The third kappa shape index (κ3) is 7.94. The van der Waals surface area contributed by atoms with Crippen molar-refractivity contribution in [2.24, 2.45) is 0 Å². The Morgan fingerprint density at radius 1 is 1.08 bits per heavy atom. The van der Waals surface area contributed by atoms with Gasteiger partial charge in [-0.05, 0) is 67.3 Å². The molecule has 0 aliphatic carbocycles. The number of benzene rings is 2. The molecule has 0 unspecified atom stereocenters. The van der Waals surface area contributed by atoms with Crippen molar-refractivity contribution in [1.82, 2.24) is 10.2 Å². The minimum absolute atomic E-state index is 0.161. The maximum absolute atomic E-state index is 12.7. The van der Waals surface area contributed by atoms with Crippen molar-refractivity contribution in [3.05, 3.63) is 63.7 Å². The second kappa shape index (κ2) is 12.9. The highest BCUT2D eigenvalue weighted by molar-refractivity contribution is 7.15. The fourth-order valence-corrected chi connectivity index (χ4v) is 3.90. The molecule has 0 bridgehead atoms. The summed E-state index contributed by atoms with van der Waals surface area (Å²) in [6.45, 7) is 6.77. The molecule has 8 nitrogen and oxygen atoms in total. The summed E-state index contributed by atoms with van der Waals surface area (Å²) >= 11 is 0.161. The summed E-state index contributed by atoms with van der Waals surface area (Å²) in [7, 11) is 0. The molecular weight excluding hydrogens is 521 g/mol. The Hall–Kier alpha value is -4.11. The first-order valence-electron chi connectivity index (χ1n) is 11.6. The van der Waals surface area contributed by atoms with Crippen molar-refractivity contribution in [2.75, 3.05) is 25.1 Å². The van der Waals surface area contributed by atoms with Gasteiger partial charge in [-0.15, -0.1) is 10.2 Å². The summed E-state index contributed by atoms with van der Waals surface area (Å²) in [4.78, 5) is 12.4. The first-order chi connectivity index (χ1) is 18.1. The third-order valence-corrected chi connectivity index (χ3v) is 5.84. The molecule has 3 aromatic rings. The number of alkyl halides is 3. The highest BCUT2D eigenvalue weighted by atomic mass is 32.1. The Morgan fingerprint density at radius 3 is 2.50 bits per heavy atom. The summed E-state index contributed by atoms with van der Waals surface area (Å²) in [6.07, 6.45) is -2.50. The van der Waals surface area contributed by atoms with E-state index in [1.807, 2.05) is 19.1 Å². The number of carbonyl (C=O) groups is 1. The van der Waals surface area contributed by atoms with Gasteiger partial charge in [-0.3, -0.25) is 10.1 Å². The van der Waals surface area contributed by atoms with Crippen LogP contribution >= 0.6 is 11.3 Å². The number of nitrogens with zero attached hydrogens (tertiary/aromatic N) is 3. The molecule has 0 saturated heterocycles. The van der Waals surface area contributed by atoms with E-state index in [-0.39, 0.29) is 28.6 Å². The van der Waals surface area contributed by atoms with Gasteiger partial charge in [-0.25, -0.2) is 0 Å². The Kier molecular flexibility index (Phi) is 9.67. The van der Waals surface area contributed by atoms with E-state index < -0.39 is 17.1 Å². The predicted octanol–water partition coefficient (Wildman–Crippen LogP) is 5.83. The predicted molar refractivity (Wildman–Crippen MR) is 136 cm³/mol. The van der Waals surface area contributed by atoms with Crippen LogP contribution in [0, 0.1) is 18.3 Å². The third-order valence-electron chi connectivity index (χ3n) is 4.96. The molecule has 3 rings (SSSR count). The second-order valence-electron chi connectivity index (χ2n) is 7.88. The van der Waals surface area contributed by atoms with Crippen molar-refractivity contribution in [1.29, 1.82) is 5.26 Å². The van der Waals surface area contributed by atoms with Crippen LogP contribution in [0.25, 0.3) is 6.08 Å². The van der Waals surface area contributed by atoms with Crippen molar-refractivity contribution in [3.63, 3.8) is 0 Å². The summed E-state index contributed by atoms with van der Waals surface area (Å²) in [5.41, 5.74) is 2.40. The number of ether oxygens (including phenoxy) is 3. The molecule has 1 amide bonds. The van der Waals surface area contributed by atoms with Crippen LogP contribution in [0.5, 0.6) is 17.2 Å². The van der Waals surface area contributed by atoms with Gasteiger partial charge in [0.2, 0.25) is 10.1 Å². The fraction of sp³-hybridized carbons (Fsp3) is 0.308. The maximum Gasteiger partial charge on any atom is 0.445 e. The number of amides is 1. The van der Waals surface area contributed by atoms with Gasteiger partial charge in [0.15, 0.2) is 11.5 Å². The average Bonchev–Trinajstić information content (AvgIpc) is 3.35. The van der Waals surface area contributed by atoms with Crippen LogP contribution in [0.15, 0.2) is 42.0 Å². The highest BCUT2D eigenvalue weighted by Gasteiger charge is 2.35. The summed E-state index contributed by atoms with van der Waals surface area (Å²) < 4.78 is 55.4. The number of halogens is 3. The van der Waals surface area contributed by atoms with E-state index in [1.54, 1.807) is 31.2 Å². The van der Waals surface area contributed by atoms with E-state index in [9.17, 15) is 23.2 Å². The molecule has 1 N–H and O–H groups in total. The molecule has 0 saturated carbocycles. The lowest BCUT2D eigenvalue weighted by atomic mass is 10.1. The Balaban J connectivity index is 1.66. The number of carbonyl (C=O) groups excluding carboxylic acids is 1. The fourth-order valence-electron chi connectivity index (χ4n) is 3.29. The first-order valence-corrected chi connectivity index (χ1v) is 12.4. The summed E-state index contributed by atoms with van der Waals surface area (Å²) in [6, 6.07) is 12.6. The zero-order valence-corrected chi connectivity index (χ0v) is 21.7. The Labute approximate surface area is 221 Å². The van der Waals surface area contributed by atoms with E-state index in [2.05, 4.69) is 28.5 Å². The van der Waals surface area contributed by atoms with Gasteiger partial charge in [0.05, 0.1) is 6.61 Å². The van der Waals surface area contributed by atoms with E-state index in [0.717, 1.165) is 17.7 Å². The van der Waals surface area contributed by atoms with Gasteiger partial charge in [-0.1, -0.05) is 30.4 Å². The molecule has 38 heavy (non-hydrogen) atoms. The quantitative estimate of drug-likeness (QED) is 0.183. The number of nitrogens with one attached hydrogen (secondary N) is 1. The molecule has 0 spiro atoms. The van der Waals surface area contributed by atoms with Crippen LogP contribution in [-0.2, 0) is 17.4 Å². The van der Waals surface area contributed by atoms with E-state index in [4.69, 9.17) is 14.2 Å². The van der Waals surface area contributed by atoms with Gasteiger partial charge >= 0.3 is 6.18 Å². The summed E-state index contributed by atoms with van der Waals surface area (Å²) in [5.74, 6) is 0.681. The molecule has 0 fully saturated rings. The highest BCUT2D eigenvalue weighted by Crippen LogP contribution is 2.33.